The van der Waals surface area contributed by atoms with Crippen LogP contribution in [-0.2, 0) is 6.54 Å². The van der Waals surface area contributed by atoms with E-state index in [1.54, 1.807) is 0 Å². The predicted octanol–water partition coefficient (Wildman–Crippen LogP) is 5.01. The Morgan fingerprint density at radius 1 is 1.05 bits per heavy atom. The normalized spacial score (nSPS) is 12.7. The summed E-state index contributed by atoms with van der Waals surface area (Å²) in [7, 11) is 0. The molecule has 0 bridgehead atoms. The van der Waals surface area contributed by atoms with Crippen LogP contribution in [-0.4, -0.2) is 17.5 Å². The Morgan fingerprint density at radius 2 is 1.65 bits per heavy atom. The number of alkyl halides is 3. The maximum Gasteiger partial charge on any atom is 0.389 e. The van der Waals surface area contributed by atoms with E-state index in [1.165, 1.54) is 17.3 Å². The predicted molar refractivity (Wildman–Crippen MR) is 79.0 cm³/mol. The Bertz CT molecular complexity index is 393. The van der Waals surface area contributed by atoms with Gasteiger partial charge in [0.15, 0.2) is 0 Å². The Balaban J connectivity index is 2.32. The highest BCUT2D eigenvalue weighted by molar-refractivity contribution is 7.99. The molecule has 1 rings (SSSR count). The lowest BCUT2D eigenvalue weighted by molar-refractivity contribution is -0.134. The van der Waals surface area contributed by atoms with Crippen LogP contribution in [0, 0.1) is 0 Å². The zero-order valence-corrected chi connectivity index (χ0v) is 13.0. The van der Waals surface area contributed by atoms with Crippen LogP contribution >= 0.6 is 11.8 Å². The Labute approximate surface area is 123 Å². The summed E-state index contributed by atoms with van der Waals surface area (Å²) in [5.74, 6) is 0.499. The molecule has 0 radical (unpaired) electrons. The molecule has 114 valence electrons. The Kier molecular flexibility index (Phi) is 6.40. The fraction of sp³-hybridized carbons (Fsp3) is 0.600. The first-order valence-electron chi connectivity index (χ1n) is 6.69. The van der Waals surface area contributed by atoms with E-state index in [0.29, 0.717) is 5.75 Å². The largest absolute Gasteiger partial charge is 0.389 e. The molecule has 0 saturated heterocycles. The van der Waals surface area contributed by atoms with Gasteiger partial charge in [-0.25, -0.2) is 0 Å². The minimum Gasteiger partial charge on any atom is -0.308 e. The Hall–Kier alpha value is -0.680. The monoisotopic (exact) mass is 305 g/mol. The lowest BCUT2D eigenvalue weighted by Gasteiger charge is -2.20. The van der Waals surface area contributed by atoms with Gasteiger partial charge in [0.25, 0.3) is 0 Å². The summed E-state index contributed by atoms with van der Waals surface area (Å²) in [6.07, 6.45) is -4.57. The third-order valence-corrected chi connectivity index (χ3v) is 3.72. The van der Waals surface area contributed by atoms with Crippen molar-refractivity contribution in [3.05, 3.63) is 29.8 Å². The smallest absolute Gasteiger partial charge is 0.308 e. The van der Waals surface area contributed by atoms with Crippen LogP contribution in [0.3, 0.4) is 0 Å². The van der Waals surface area contributed by atoms with E-state index in [2.05, 4.69) is 26.1 Å². The van der Waals surface area contributed by atoms with Crippen molar-refractivity contribution in [2.45, 2.75) is 56.8 Å². The van der Waals surface area contributed by atoms with Crippen LogP contribution in [0.1, 0.15) is 39.2 Å². The summed E-state index contributed by atoms with van der Waals surface area (Å²) >= 11 is 1.47. The molecule has 1 aromatic carbocycles. The molecule has 0 aliphatic heterocycles. The first-order chi connectivity index (χ1) is 9.16. The van der Waals surface area contributed by atoms with E-state index in [9.17, 15) is 13.2 Å². The summed E-state index contributed by atoms with van der Waals surface area (Å²) in [5, 5.41) is 3.39. The summed E-state index contributed by atoms with van der Waals surface area (Å²) in [6.45, 7) is 7.12. The Morgan fingerprint density at radius 3 is 2.15 bits per heavy atom. The average Bonchev–Trinajstić information content (AvgIpc) is 2.31. The number of benzene rings is 1. The van der Waals surface area contributed by atoms with Gasteiger partial charge in [0.1, 0.15) is 0 Å². The standard InChI is InChI=1S/C15H22F3NS/c1-14(2,3)19-11-12-5-7-13(8-6-12)20-10-4-9-15(16,17)18/h5-8,19H,4,9-11H2,1-3H3. The lowest BCUT2D eigenvalue weighted by atomic mass is 10.1. The van der Waals surface area contributed by atoms with Crippen LogP contribution in [0.15, 0.2) is 29.2 Å². The average molecular weight is 305 g/mol. The quantitative estimate of drug-likeness (QED) is 0.586. The van der Waals surface area contributed by atoms with Gasteiger partial charge in [0.2, 0.25) is 0 Å². The van der Waals surface area contributed by atoms with E-state index in [0.717, 1.165) is 11.4 Å². The van der Waals surface area contributed by atoms with Crippen molar-refractivity contribution in [3.8, 4) is 0 Å². The van der Waals surface area contributed by atoms with E-state index in [4.69, 9.17) is 0 Å². The SMILES string of the molecule is CC(C)(C)NCc1ccc(SCCCC(F)(F)F)cc1. The first kappa shape index (κ1) is 17.4. The maximum atomic E-state index is 12.0. The molecule has 0 aromatic heterocycles. The van der Waals surface area contributed by atoms with Gasteiger partial charge in [-0.1, -0.05) is 12.1 Å². The van der Waals surface area contributed by atoms with E-state index >= 15 is 0 Å². The highest BCUT2D eigenvalue weighted by Gasteiger charge is 2.25. The molecule has 1 aromatic rings. The second-order valence-corrected chi connectivity index (χ2v) is 6.98. The van der Waals surface area contributed by atoms with Gasteiger partial charge in [-0.3, -0.25) is 0 Å². The number of halogens is 3. The summed E-state index contributed by atoms with van der Waals surface area (Å²) in [6, 6.07) is 7.98. The number of thioether (sulfide) groups is 1. The van der Waals surface area contributed by atoms with Crippen molar-refractivity contribution in [2.75, 3.05) is 5.75 Å². The minimum absolute atomic E-state index is 0.0744. The molecule has 0 atom stereocenters. The number of rotatable bonds is 6. The van der Waals surface area contributed by atoms with E-state index in [-0.39, 0.29) is 12.0 Å². The van der Waals surface area contributed by atoms with Gasteiger partial charge in [0, 0.05) is 23.4 Å². The lowest BCUT2D eigenvalue weighted by Crippen LogP contribution is -2.35. The van der Waals surface area contributed by atoms with Crippen LogP contribution in [0.4, 0.5) is 13.2 Å². The van der Waals surface area contributed by atoms with Crippen LogP contribution in [0.5, 0.6) is 0 Å². The van der Waals surface area contributed by atoms with E-state index in [1.807, 2.05) is 24.3 Å². The second-order valence-electron chi connectivity index (χ2n) is 5.81. The summed E-state index contributed by atoms with van der Waals surface area (Å²) in [4.78, 5) is 1.02. The van der Waals surface area contributed by atoms with Crippen molar-refractivity contribution in [3.63, 3.8) is 0 Å². The van der Waals surface area contributed by atoms with Crippen molar-refractivity contribution in [1.82, 2.24) is 5.32 Å². The third kappa shape index (κ3) is 8.48. The van der Waals surface area contributed by atoms with Gasteiger partial charge in [-0.05, 0) is 50.6 Å². The fourth-order valence-corrected chi connectivity index (χ4v) is 2.39. The van der Waals surface area contributed by atoms with Gasteiger partial charge in [-0.2, -0.15) is 13.2 Å². The molecule has 1 nitrogen and oxygen atoms in total. The molecule has 0 unspecified atom stereocenters. The molecule has 0 amide bonds. The van der Waals surface area contributed by atoms with Gasteiger partial charge in [0.05, 0.1) is 0 Å². The highest BCUT2D eigenvalue weighted by Crippen LogP contribution is 2.25. The van der Waals surface area contributed by atoms with Crippen LogP contribution in [0.2, 0.25) is 0 Å². The molecule has 0 aliphatic rings. The molecule has 1 N–H and O–H groups in total. The maximum absolute atomic E-state index is 12.0. The van der Waals surface area contributed by atoms with Crippen molar-refractivity contribution >= 4 is 11.8 Å². The first-order valence-corrected chi connectivity index (χ1v) is 7.68. The van der Waals surface area contributed by atoms with Crippen molar-refractivity contribution < 1.29 is 13.2 Å². The molecule has 0 aliphatic carbocycles. The highest BCUT2D eigenvalue weighted by atomic mass is 32.2. The van der Waals surface area contributed by atoms with Crippen LogP contribution < -0.4 is 5.32 Å². The van der Waals surface area contributed by atoms with Crippen molar-refractivity contribution in [1.29, 1.82) is 0 Å². The number of hydrogen-bond acceptors (Lipinski definition) is 2. The number of nitrogens with one attached hydrogen (secondary N) is 1. The molecule has 0 spiro atoms. The topological polar surface area (TPSA) is 12.0 Å². The van der Waals surface area contributed by atoms with Gasteiger partial charge in [-0.15, -0.1) is 11.8 Å². The molecule has 0 saturated carbocycles. The molecular formula is C15H22F3NS. The van der Waals surface area contributed by atoms with E-state index < -0.39 is 12.6 Å². The molecule has 0 fully saturated rings. The van der Waals surface area contributed by atoms with Crippen molar-refractivity contribution in [2.24, 2.45) is 0 Å². The second kappa shape index (κ2) is 7.36. The number of hydrogen-bond donors (Lipinski definition) is 1. The minimum atomic E-state index is -4.04. The van der Waals surface area contributed by atoms with Gasteiger partial charge >= 0.3 is 6.18 Å². The molecular weight excluding hydrogens is 283 g/mol. The van der Waals surface area contributed by atoms with Gasteiger partial charge < -0.3 is 5.32 Å². The molecule has 5 heteroatoms. The molecule has 0 heterocycles. The summed E-state index contributed by atoms with van der Waals surface area (Å²) in [5.41, 5.74) is 1.25. The fourth-order valence-electron chi connectivity index (χ4n) is 1.53. The zero-order chi connectivity index (χ0) is 15.2. The zero-order valence-electron chi connectivity index (χ0n) is 12.2. The summed E-state index contributed by atoms with van der Waals surface area (Å²) < 4.78 is 36.0. The molecule has 20 heavy (non-hydrogen) atoms. The third-order valence-electron chi connectivity index (χ3n) is 2.62. The van der Waals surface area contributed by atoms with Crippen LogP contribution in [0.25, 0.3) is 0 Å².